The summed E-state index contributed by atoms with van der Waals surface area (Å²) < 4.78 is 4.76. The largest absolute Gasteiger partial charge is 0.388 e. The van der Waals surface area contributed by atoms with E-state index in [0.29, 0.717) is 6.42 Å². The van der Waals surface area contributed by atoms with Gasteiger partial charge in [-0.25, -0.2) is 4.79 Å². The van der Waals surface area contributed by atoms with E-state index in [1.54, 1.807) is 0 Å². The summed E-state index contributed by atoms with van der Waals surface area (Å²) in [6.07, 6.45) is 1.05. The van der Waals surface area contributed by atoms with Crippen molar-refractivity contribution in [3.8, 4) is 0 Å². The maximum Gasteiger partial charge on any atom is 0.317 e. The minimum absolute atomic E-state index is 0.0171. The van der Waals surface area contributed by atoms with Crippen LogP contribution in [0.4, 0.5) is 4.79 Å². The minimum Gasteiger partial charge on any atom is -0.388 e. The van der Waals surface area contributed by atoms with Gasteiger partial charge in [-0.15, -0.1) is 11.3 Å². The lowest BCUT2D eigenvalue weighted by atomic mass is 9.92. The molecule has 1 aliphatic carbocycles. The molecule has 0 saturated carbocycles. The molecule has 1 aliphatic rings. The zero-order valence-corrected chi connectivity index (χ0v) is 10.4. The Morgan fingerprint density at radius 1 is 1.65 bits per heavy atom. The number of methoxy groups -OCH3 is 1. The van der Waals surface area contributed by atoms with Crippen LogP contribution in [0.15, 0.2) is 11.4 Å². The fourth-order valence-corrected chi connectivity index (χ4v) is 2.98. The Hall–Kier alpha value is -1.11. The maximum atomic E-state index is 11.5. The Morgan fingerprint density at radius 2 is 2.47 bits per heavy atom. The molecule has 94 valence electrons. The van der Waals surface area contributed by atoms with Gasteiger partial charge in [-0.1, -0.05) is 0 Å². The predicted octanol–water partition coefficient (Wildman–Crippen LogP) is 1.52. The molecule has 6 heteroatoms. The van der Waals surface area contributed by atoms with E-state index in [0.717, 1.165) is 16.9 Å². The SMILES string of the molecule is COCNC(=O)NC1CCC(O)c2sccc21. The number of carbonyl (C=O) groups excluding carboxylic acids is 1. The quantitative estimate of drug-likeness (QED) is 0.718. The molecule has 0 aliphatic heterocycles. The smallest absolute Gasteiger partial charge is 0.317 e. The van der Waals surface area contributed by atoms with Crippen LogP contribution in [0.3, 0.4) is 0 Å². The lowest BCUT2D eigenvalue weighted by Crippen LogP contribution is -2.39. The number of hydrogen-bond acceptors (Lipinski definition) is 4. The second kappa shape index (κ2) is 5.48. The summed E-state index contributed by atoms with van der Waals surface area (Å²) in [5.41, 5.74) is 1.03. The number of rotatable bonds is 3. The summed E-state index contributed by atoms with van der Waals surface area (Å²) in [7, 11) is 1.52. The topological polar surface area (TPSA) is 70.6 Å². The molecule has 0 aromatic carbocycles. The number of thiophene rings is 1. The van der Waals surface area contributed by atoms with E-state index >= 15 is 0 Å². The second-order valence-corrected chi connectivity index (χ2v) is 4.92. The third-order valence-electron chi connectivity index (χ3n) is 2.82. The zero-order chi connectivity index (χ0) is 12.3. The Morgan fingerprint density at radius 3 is 3.24 bits per heavy atom. The maximum absolute atomic E-state index is 11.5. The van der Waals surface area contributed by atoms with Gasteiger partial charge in [-0.2, -0.15) is 0 Å². The molecule has 2 unspecified atom stereocenters. The molecule has 0 radical (unpaired) electrons. The van der Waals surface area contributed by atoms with E-state index in [9.17, 15) is 9.90 Å². The van der Waals surface area contributed by atoms with Crippen molar-refractivity contribution in [3.63, 3.8) is 0 Å². The second-order valence-electron chi connectivity index (χ2n) is 3.97. The van der Waals surface area contributed by atoms with Gasteiger partial charge in [0.05, 0.1) is 12.1 Å². The van der Waals surface area contributed by atoms with Crippen LogP contribution in [0.5, 0.6) is 0 Å². The Labute approximate surface area is 104 Å². The Balaban J connectivity index is 2.00. The highest BCUT2D eigenvalue weighted by Gasteiger charge is 2.27. The van der Waals surface area contributed by atoms with E-state index in [-0.39, 0.29) is 24.9 Å². The molecular weight excluding hydrogens is 240 g/mol. The molecule has 2 rings (SSSR count). The lowest BCUT2D eigenvalue weighted by Gasteiger charge is -2.26. The van der Waals surface area contributed by atoms with Crippen molar-refractivity contribution in [2.45, 2.75) is 25.0 Å². The van der Waals surface area contributed by atoms with Gasteiger partial charge in [0, 0.05) is 12.0 Å². The number of amides is 2. The molecule has 3 N–H and O–H groups in total. The molecule has 0 spiro atoms. The van der Waals surface area contributed by atoms with Gasteiger partial charge >= 0.3 is 6.03 Å². The van der Waals surface area contributed by atoms with Crippen molar-refractivity contribution in [1.29, 1.82) is 0 Å². The number of nitrogens with one attached hydrogen (secondary N) is 2. The summed E-state index contributed by atoms with van der Waals surface area (Å²) >= 11 is 1.54. The molecule has 2 amide bonds. The van der Waals surface area contributed by atoms with Gasteiger partial charge in [0.15, 0.2) is 0 Å². The molecule has 0 saturated heterocycles. The summed E-state index contributed by atoms with van der Waals surface area (Å²) in [5, 5.41) is 17.2. The number of carbonyl (C=O) groups is 1. The van der Waals surface area contributed by atoms with Crippen molar-refractivity contribution in [2.75, 3.05) is 13.8 Å². The highest BCUT2D eigenvalue weighted by atomic mass is 32.1. The van der Waals surface area contributed by atoms with Crippen molar-refractivity contribution >= 4 is 17.4 Å². The van der Waals surface area contributed by atoms with Gasteiger partial charge in [0.1, 0.15) is 6.73 Å². The van der Waals surface area contributed by atoms with E-state index in [1.807, 2.05) is 11.4 Å². The molecule has 0 bridgehead atoms. The Bertz CT molecular complexity index is 394. The van der Waals surface area contributed by atoms with Crippen LogP contribution < -0.4 is 10.6 Å². The van der Waals surface area contributed by atoms with Crippen molar-refractivity contribution in [2.24, 2.45) is 0 Å². The predicted molar refractivity (Wildman–Crippen MR) is 64.8 cm³/mol. The number of aliphatic hydroxyl groups is 1. The van der Waals surface area contributed by atoms with Gasteiger partial charge in [0.25, 0.3) is 0 Å². The van der Waals surface area contributed by atoms with Crippen molar-refractivity contribution in [3.05, 3.63) is 21.9 Å². The lowest BCUT2D eigenvalue weighted by molar-refractivity contribution is 0.148. The van der Waals surface area contributed by atoms with E-state index in [2.05, 4.69) is 10.6 Å². The number of aliphatic hydroxyl groups excluding tert-OH is 1. The summed E-state index contributed by atoms with van der Waals surface area (Å²) in [5.74, 6) is 0. The van der Waals surface area contributed by atoms with Gasteiger partial charge in [-0.05, 0) is 29.9 Å². The number of hydrogen-bond donors (Lipinski definition) is 3. The molecule has 1 heterocycles. The molecule has 2 atom stereocenters. The van der Waals surface area contributed by atoms with Gasteiger partial charge < -0.3 is 20.5 Å². The number of fused-ring (bicyclic) bond motifs is 1. The fraction of sp³-hybridized carbons (Fsp3) is 0.545. The van der Waals surface area contributed by atoms with Crippen LogP contribution in [0.2, 0.25) is 0 Å². The van der Waals surface area contributed by atoms with Crippen molar-refractivity contribution in [1.82, 2.24) is 10.6 Å². The minimum atomic E-state index is -0.384. The van der Waals surface area contributed by atoms with E-state index in [1.165, 1.54) is 18.4 Å². The van der Waals surface area contributed by atoms with Crippen LogP contribution in [-0.2, 0) is 4.74 Å². The van der Waals surface area contributed by atoms with Crippen LogP contribution in [0, 0.1) is 0 Å². The van der Waals surface area contributed by atoms with Crippen LogP contribution >= 0.6 is 11.3 Å². The van der Waals surface area contributed by atoms with Gasteiger partial charge in [0.2, 0.25) is 0 Å². The first-order valence-electron chi connectivity index (χ1n) is 5.51. The van der Waals surface area contributed by atoms with Crippen molar-refractivity contribution < 1.29 is 14.6 Å². The highest BCUT2D eigenvalue weighted by molar-refractivity contribution is 7.10. The van der Waals surface area contributed by atoms with E-state index < -0.39 is 0 Å². The first kappa shape index (κ1) is 12.3. The molecule has 0 fully saturated rings. The first-order chi connectivity index (χ1) is 8.22. The molecule has 5 nitrogen and oxygen atoms in total. The van der Waals surface area contributed by atoms with Gasteiger partial charge in [-0.3, -0.25) is 0 Å². The first-order valence-corrected chi connectivity index (χ1v) is 6.39. The third-order valence-corrected chi connectivity index (χ3v) is 3.85. The van der Waals surface area contributed by atoms with Crippen LogP contribution in [-0.4, -0.2) is 25.0 Å². The van der Waals surface area contributed by atoms with E-state index in [4.69, 9.17) is 4.74 Å². The molecule has 17 heavy (non-hydrogen) atoms. The highest BCUT2D eigenvalue weighted by Crippen LogP contribution is 2.39. The average Bonchev–Trinajstić information content (AvgIpc) is 2.80. The molecule has 1 aromatic heterocycles. The fourth-order valence-electron chi connectivity index (χ4n) is 2.00. The number of urea groups is 1. The van der Waals surface area contributed by atoms with Crippen LogP contribution in [0.1, 0.15) is 35.4 Å². The summed E-state index contributed by atoms with van der Waals surface area (Å²) in [6, 6.07) is 1.70. The third kappa shape index (κ3) is 2.77. The molecule has 1 aromatic rings. The normalized spacial score (nSPS) is 22.9. The summed E-state index contributed by atoms with van der Waals surface area (Å²) in [6.45, 7) is 0.192. The molecular formula is C11H16N2O3S. The number of ether oxygens (including phenoxy) is 1. The van der Waals surface area contributed by atoms with Crippen LogP contribution in [0.25, 0.3) is 0 Å². The zero-order valence-electron chi connectivity index (χ0n) is 9.60. The Kier molecular flexibility index (Phi) is 3.98. The monoisotopic (exact) mass is 256 g/mol. The average molecular weight is 256 g/mol. The standard InChI is InChI=1S/C11H16N2O3S/c1-16-6-12-11(15)13-8-2-3-9(14)10-7(8)4-5-17-10/h4-5,8-9,14H,2-3,6H2,1H3,(H2,12,13,15). The summed E-state index contributed by atoms with van der Waals surface area (Å²) in [4.78, 5) is 12.5.